The van der Waals surface area contributed by atoms with Gasteiger partial charge in [-0.15, -0.1) is 0 Å². The van der Waals surface area contributed by atoms with Gasteiger partial charge in [0.25, 0.3) is 0 Å². The van der Waals surface area contributed by atoms with E-state index in [0.29, 0.717) is 6.04 Å². The lowest BCUT2D eigenvalue weighted by molar-refractivity contribution is 0.430. The minimum absolute atomic E-state index is 0.550. The predicted octanol–water partition coefficient (Wildman–Crippen LogP) is 3.69. The smallest absolute Gasteiger partial charge is 0.0850 e. The number of halogens is 1. The first kappa shape index (κ1) is 15.8. The van der Waals surface area contributed by atoms with Gasteiger partial charge < -0.3 is 5.32 Å². The molecule has 0 radical (unpaired) electrons. The second-order valence-corrected chi connectivity index (χ2v) is 6.40. The number of aryl methyl sites for hydroxylation is 2. The molecular formula is C16H28ClN3. The maximum Gasteiger partial charge on any atom is 0.0850 e. The van der Waals surface area contributed by atoms with E-state index in [1.807, 2.05) is 0 Å². The van der Waals surface area contributed by atoms with E-state index in [-0.39, 0.29) is 0 Å². The molecule has 1 N–H and O–H groups in total. The van der Waals surface area contributed by atoms with E-state index < -0.39 is 0 Å². The van der Waals surface area contributed by atoms with E-state index in [1.165, 1.54) is 18.5 Å². The third kappa shape index (κ3) is 3.37. The molecule has 114 valence electrons. The number of nitrogens with one attached hydrogen (secondary N) is 1. The Bertz CT molecular complexity index is 441. The summed E-state index contributed by atoms with van der Waals surface area (Å²) < 4.78 is 2.09. The van der Waals surface area contributed by atoms with Gasteiger partial charge in [0.1, 0.15) is 0 Å². The third-order valence-electron chi connectivity index (χ3n) is 4.45. The van der Waals surface area contributed by atoms with Crippen molar-refractivity contribution >= 4 is 11.6 Å². The molecule has 0 aliphatic heterocycles. The summed E-state index contributed by atoms with van der Waals surface area (Å²) in [6, 6.07) is 0.550. The summed E-state index contributed by atoms with van der Waals surface area (Å²) in [6.45, 7) is 10.8. The van der Waals surface area contributed by atoms with E-state index >= 15 is 0 Å². The molecule has 3 unspecified atom stereocenters. The summed E-state index contributed by atoms with van der Waals surface area (Å²) in [4.78, 5) is 0. The highest BCUT2D eigenvalue weighted by Crippen LogP contribution is 2.42. The fourth-order valence-corrected chi connectivity index (χ4v) is 3.38. The highest BCUT2D eigenvalue weighted by molar-refractivity contribution is 6.31. The molecule has 0 saturated heterocycles. The number of aromatic nitrogens is 2. The van der Waals surface area contributed by atoms with Gasteiger partial charge in [-0.05, 0) is 44.6 Å². The fraction of sp³-hybridized carbons (Fsp3) is 0.812. The van der Waals surface area contributed by atoms with Gasteiger partial charge in [0, 0.05) is 19.0 Å². The Hall–Kier alpha value is -0.540. The van der Waals surface area contributed by atoms with E-state index in [9.17, 15) is 0 Å². The maximum absolute atomic E-state index is 6.54. The van der Waals surface area contributed by atoms with Gasteiger partial charge in [0.2, 0.25) is 0 Å². The van der Waals surface area contributed by atoms with Crippen LogP contribution in [0, 0.1) is 11.8 Å². The Balaban J connectivity index is 2.14. The molecule has 0 amide bonds. The van der Waals surface area contributed by atoms with Gasteiger partial charge in [-0.2, -0.15) is 5.10 Å². The first-order valence-electron chi connectivity index (χ1n) is 8.09. The van der Waals surface area contributed by atoms with Crippen LogP contribution < -0.4 is 5.32 Å². The highest BCUT2D eigenvalue weighted by Gasteiger charge is 2.39. The third-order valence-corrected chi connectivity index (χ3v) is 4.89. The van der Waals surface area contributed by atoms with Gasteiger partial charge in [0.15, 0.2) is 0 Å². The van der Waals surface area contributed by atoms with E-state index in [1.54, 1.807) is 0 Å². The minimum atomic E-state index is 0.550. The summed E-state index contributed by atoms with van der Waals surface area (Å²) in [7, 11) is 0. The summed E-state index contributed by atoms with van der Waals surface area (Å²) in [5, 5.41) is 9.25. The van der Waals surface area contributed by atoms with Gasteiger partial charge in [-0.1, -0.05) is 32.4 Å². The highest BCUT2D eigenvalue weighted by atomic mass is 35.5. The lowest BCUT2D eigenvalue weighted by atomic mass is 10.0. The molecule has 1 heterocycles. The van der Waals surface area contributed by atoms with Crippen LogP contribution in [-0.4, -0.2) is 22.4 Å². The second kappa shape index (κ2) is 6.95. The molecule has 1 aliphatic rings. The summed E-state index contributed by atoms with van der Waals surface area (Å²) >= 11 is 6.54. The average Bonchev–Trinajstić information content (AvgIpc) is 3.09. The van der Waals surface area contributed by atoms with Crippen molar-refractivity contribution < 1.29 is 0 Å². The molecule has 1 aromatic rings. The maximum atomic E-state index is 6.54. The van der Waals surface area contributed by atoms with Crippen molar-refractivity contribution in [3.8, 4) is 0 Å². The Kier molecular flexibility index (Phi) is 5.50. The van der Waals surface area contributed by atoms with Crippen molar-refractivity contribution in [2.24, 2.45) is 11.8 Å². The van der Waals surface area contributed by atoms with Crippen molar-refractivity contribution in [2.75, 3.05) is 6.54 Å². The first-order valence-corrected chi connectivity index (χ1v) is 8.47. The molecule has 0 spiro atoms. The molecule has 3 atom stereocenters. The summed E-state index contributed by atoms with van der Waals surface area (Å²) in [5.41, 5.74) is 2.26. The van der Waals surface area contributed by atoms with Crippen molar-refractivity contribution in [1.29, 1.82) is 0 Å². The normalized spacial score (nSPS) is 23.1. The number of hydrogen-bond acceptors (Lipinski definition) is 2. The second-order valence-electron chi connectivity index (χ2n) is 6.02. The topological polar surface area (TPSA) is 29.9 Å². The molecule has 1 aliphatic carbocycles. The summed E-state index contributed by atoms with van der Waals surface area (Å²) in [5.74, 6) is 1.66. The zero-order valence-electron chi connectivity index (χ0n) is 13.2. The van der Waals surface area contributed by atoms with E-state index in [4.69, 9.17) is 11.6 Å². The van der Waals surface area contributed by atoms with Crippen LogP contribution >= 0.6 is 11.6 Å². The SMILES string of the molecule is CCCNC(Cc1c(Cl)c(CC)nn1CC)C1CC1C. The molecule has 1 fully saturated rings. The largest absolute Gasteiger partial charge is 0.313 e. The molecular weight excluding hydrogens is 270 g/mol. The van der Waals surface area contributed by atoms with Crippen LogP contribution in [-0.2, 0) is 19.4 Å². The molecule has 0 bridgehead atoms. The Morgan fingerprint density at radius 3 is 2.60 bits per heavy atom. The lowest BCUT2D eigenvalue weighted by Gasteiger charge is -2.19. The van der Waals surface area contributed by atoms with Crippen LogP contribution in [0.15, 0.2) is 0 Å². The molecule has 0 aromatic carbocycles. The number of rotatable bonds is 8. The van der Waals surface area contributed by atoms with Crippen molar-refractivity contribution in [2.45, 2.75) is 66.0 Å². The molecule has 20 heavy (non-hydrogen) atoms. The monoisotopic (exact) mass is 297 g/mol. The van der Waals surface area contributed by atoms with Crippen LogP contribution in [0.5, 0.6) is 0 Å². The van der Waals surface area contributed by atoms with E-state index in [2.05, 4.69) is 42.8 Å². The average molecular weight is 298 g/mol. The van der Waals surface area contributed by atoms with E-state index in [0.717, 1.165) is 48.5 Å². The Morgan fingerprint density at radius 2 is 2.10 bits per heavy atom. The molecule has 2 rings (SSSR count). The van der Waals surface area contributed by atoms with Crippen LogP contribution in [0.3, 0.4) is 0 Å². The Morgan fingerprint density at radius 1 is 1.40 bits per heavy atom. The van der Waals surface area contributed by atoms with Crippen molar-refractivity contribution in [3.05, 3.63) is 16.4 Å². The number of hydrogen-bond donors (Lipinski definition) is 1. The predicted molar refractivity (Wildman–Crippen MR) is 85.3 cm³/mol. The standard InChI is InChI=1S/C16H28ClN3/c1-5-8-18-14(12-9-11(12)4)10-15-16(17)13(6-2)19-20(15)7-3/h11-12,14,18H,5-10H2,1-4H3. The molecule has 4 heteroatoms. The van der Waals surface area contributed by atoms with Gasteiger partial charge >= 0.3 is 0 Å². The molecule has 3 nitrogen and oxygen atoms in total. The van der Waals surface area contributed by atoms with Crippen LogP contribution in [0.4, 0.5) is 0 Å². The first-order chi connectivity index (χ1) is 9.62. The fourth-order valence-electron chi connectivity index (χ4n) is 3.04. The minimum Gasteiger partial charge on any atom is -0.313 e. The Labute approximate surface area is 128 Å². The van der Waals surface area contributed by atoms with Crippen LogP contribution in [0.2, 0.25) is 5.02 Å². The van der Waals surface area contributed by atoms with Gasteiger partial charge in [-0.25, -0.2) is 0 Å². The molecule has 1 aromatic heterocycles. The van der Waals surface area contributed by atoms with Crippen LogP contribution in [0.1, 0.15) is 51.9 Å². The zero-order valence-corrected chi connectivity index (χ0v) is 14.0. The molecule has 1 saturated carbocycles. The zero-order chi connectivity index (χ0) is 14.7. The van der Waals surface area contributed by atoms with Crippen molar-refractivity contribution in [1.82, 2.24) is 15.1 Å². The van der Waals surface area contributed by atoms with Crippen LogP contribution in [0.25, 0.3) is 0 Å². The van der Waals surface area contributed by atoms with Crippen molar-refractivity contribution in [3.63, 3.8) is 0 Å². The quantitative estimate of drug-likeness (QED) is 0.793. The lowest BCUT2D eigenvalue weighted by Crippen LogP contribution is -2.35. The van der Waals surface area contributed by atoms with Gasteiger partial charge in [-0.3, -0.25) is 4.68 Å². The number of nitrogens with zero attached hydrogens (tertiary/aromatic N) is 2. The summed E-state index contributed by atoms with van der Waals surface area (Å²) in [6.07, 6.45) is 4.44. The van der Waals surface area contributed by atoms with Gasteiger partial charge in [0.05, 0.1) is 16.4 Å².